The van der Waals surface area contributed by atoms with Gasteiger partial charge in [0.15, 0.2) is 5.75 Å². The van der Waals surface area contributed by atoms with Gasteiger partial charge in [0.1, 0.15) is 0 Å². The summed E-state index contributed by atoms with van der Waals surface area (Å²) >= 11 is 0. The molecule has 2 aromatic rings. The SMILES string of the molecule is Nc1cccc(C(=O)NC2CCCc3ccccc32)c1O. The number of phenols is 1. The summed E-state index contributed by atoms with van der Waals surface area (Å²) in [6, 6.07) is 13.0. The third kappa shape index (κ3) is 2.57. The van der Waals surface area contributed by atoms with Crippen LogP contribution in [0.25, 0.3) is 0 Å². The van der Waals surface area contributed by atoms with Gasteiger partial charge in [0.05, 0.1) is 17.3 Å². The van der Waals surface area contributed by atoms with E-state index in [1.165, 1.54) is 11.1 Å². The second-order valence-corrected chi connectivity index (χ2v) is 5.36. The molecule has 1 aliphatic rings. The lowest BCUT2D eigenvalue weighted by Crippen LogP contribution is -2.31. The minimum absolute atomic E-state index is 0.0109. The topological polar surface area (TPSA) is 75.4 Å². The van der Waals surface area contributed by atoms with Crippen LogP contribution >= 0.6 is 0 Å². The van der Waals surface area contributed by atoms with Crippen molar-refractivity contribution in [3.05, 3.63) is 59.2 Å². The Hall–Kier alpha value is -2.49. The molecule has 1 amide bonds. The molecule has 0 aromatic heterocycles. The van der Waals surface area contributed by atoms with Gasteiger partial charge >= 0.3 is 0 Å². The number of carbonyl (C=O) groups excluding carboxylic acids is 1. The van der Waals surface area contributed by atoms with Gasteiger partial charge in [-0.3, -0.25) is 4.79 Å². The van der Waals surface area contributed by atoms with Crippen LogP contribution in [-0.4, -0.2) is 11.0 Å². The van der Waals surface area contributed by atoms with Crippen LogP contribution in [0.4, 0.5) is 5.69 Å². The number of hydrogen-bond donors (Lipinski definition) is 3. The molecular weight excluding hydrogens is 264 g/mol. The number of aryl methyl sites for hydroxylation is 1. The molecule has 0 radical (unpaired) electrons. The molecule has 21 heavy (non-hydrogen) atoms. The van der Waals surface area contributed by atoms with Crippen molar-refractivity contribution < 1.29 is 9.90 Å². The van der Waals surface area contributed by atoms with Crippen LogP contribution in [0, 0.1) is 0 Å². The van der Waals surface area contributed by atoms with E-state index >= 15 is 0 Å². The van der Waals surface area contributed by atoms with Crippen LogP contribution < -0.4 is 11.1 Å². The lowest BCUT2D eigenvalue weighted by Gasteiger charge is -2.26. The maximum absolute atomic E-state index is 12.4. The summed E-state index contributed by atoms with van der Waals surface area (Å²) in [6.45, 7) is 0. The summed E-state index contributed by atoms with van der Waals surface area (Å²) in [6.07, 6.45) is 3.00. The van der Waals surface area contributed by atoms with Crippen molar-refractivity contribution in [3.8, 4) is 5.75 Å². The van der Waals surface area contributed by atoms with Crippen molar-refractivity contribution in [2.75, 3.05) is 5.73 Å². The van der Waals surface area contributed by atoms with Crippen molar-refractivity contribution in [2.45, 2.75) is 25.3 Å². The number of carbonyl (C=O) groups is 1. The molecule has 0 spiro atoms. The maximum atomic E-state index is 12.4. The predicted octanol–water partition coefficient (Wildman–Crippen LogP) is 2.78. The average molecular weight is 282 g/mol. The first-order valence-electron chi connectivity index (χ1n) is 7.13. The van der Waals surface area contributed by atoms with Gasteiger partial charge in [-0.25, -0.2) is 0 Å². The Morgan fingerprint density at radius 3 is 2.86 bits per heavy atom. The van der Waals surface area contributed by atoms with E-state index in [0.29, 0.717) is 0 Å². The molecule has 0 saturated carbocycles. The van der Waals surface area contributed by atoms with Crippen LogP contribution in [0.2, 0.25) is 0 Å². The molecule has 108 valence electrons. The Kier molecular flexibility index (Phi) is 3.52. The van der Waals surface area contributed by atoms with E-state index < -0.39 is 0 Å². The number of rotatable bonds is 2. The van der Waals surface area contributed by atoms with Crippen molar-refractivity contribution in [1.82, 2.24) is 5.32 Å². The molecule has 2 aromatic carbocycles. The van der Waals surface area contributed by atoms with E-state index in [0.717, 1.165) is 19.3 Å². The van der Waals surface area contributed by atoms with E-state index in [2.05, 4.69) is 17.4 Å². The van der Waals surface area contributed by atoms with E-state index in [9.17, 15) is 9.90 Å². The zero-order valence-electron chi connectivity index (χ0n) is 11.7. The molecular formula is C17H18N2O2. The average Bonchev–Trinajstić information content (AvgIpc) is 2.50. The van der Waals surface area contributed by atoms with Crippen molar-refractivity contribution in [2.24, 2.45) is 0 Å². The highest BCUT2D eigenvalue weighted by Crippen LogP contribution is 2.31. The summed E-state index contributed by atoms with van der Waals surface area (Å²) in [5.41, 5.74) is 8.52. The lowest BCUT2D eigenvalue weighted by molar-refractivity contribution is 0.0930. The number of nitrogen functional groups attached to an aromatic ring is 1. The minimum atomic E-state index is -0.290. The smallest absolute Gasteiger partial charge is 0.255 e. The molecule has 1 aliphatic carbocycles. The fraction of sp³-hybridized carbons (Fsp3) is 0.235. The first-order valence-corrected chi connectivity index (χ1v) is 7.13. The molecule has 0 heterocycles. The molecule has 4 heteroatoms. The Balaban J connectivity index is 1.85. The number of benzene rings is 2. The fourth-order valence-electron chi connectivity index (χ4n) is 2.88. The highest BCUT2D eigenvalue weighted by atomic mass is 16.3. The molecule has 1 unspecified atom stereocenters. The third-order valence-corrected chi connectivity index (χ3v) is 3.99. The predicted molar refractivity (Wildman–Crippen MR) is 82.1 cm³/mol. The van der Waals surface area contributed by atoms with Gasteiger partial charge in [-0.05, 0) is 42.5 Å². The van der Waals surface area contributed by atoms with Crippen molar-refractivity contribution in [3.63, 3.8) is 0 Å². The summed E-state index contributed by atoms with van der Waals surface area (Å²) < 4.78 is 0. The molecule has 0 aliphatic heterocycles. The van der Waals surface area contributed by atoms with Gasteiger partial charge in [0.2, 0.25) is 0 Å². The second kappa shape index (κ2) is 5.48. The molecule has 4 nitrogen and oxygen atoms in total. The van der Waals surface area contributed by atoms with Crippen molar-refractivity contribution in [1.29, 1.82) is 0 Å². The highest BCUT2D eigenvalue weighted by molar-refractivity contribution is 5.98. The zero-order valence-corrected chi connectivity index (χ0v) is 11.7. The lowest BCUT2D eigenvalue weighted by atomic mass is 9.87. The Morgan fingerprint density at radius 1 is 1.19 bits per heavy atom. The number of fused-ring (bicyclic) bond motifs is 1. The molecule has 0 fully saturated rings. The van der Waals surface area contributed by atoms with Gasteiger partial charge in [-0.2, -0.15) is 0 Å². The largest absolute Gasteiger partial charge is 0.505 e. The third-order valence-electron chi connectivity index (χ3n) is 3.99. The standard InChI is InChI=1S/C17H18N2O2/c18-14-9-4-8-13(16(14)20)17(21)19-15-10-3-6-11-5-1-2-7-12(11)15/h1-2,4-5,7-9,15,20H,3,6,10,18H2,(H,19,21). The number of nitrogens with two attached hydrogens (primary N) is 1. The number of anilines is 1. The minimum Gasteiger partial charge on any atom is -0.505 e. The quantitative estimate of drug-likeness (QED) is 0.585. The fourth-order valence-corrected chi connectivity index (χ4v) is 2.88. The first kappa shape index (κ1) is 13.5. The van der Waals surface area contributed by atoms with Crippen LogP contribution in [0.1, 0.15) is 40.4 Å². The van der Waals surface area contributed by atoms with Gasteiger partial charge in [-0.1, -0.05) is 30.3 Å². The normalized spacial score (nSPS) is 17.0. The monoisotopic (exact) mass is 282 g/mol. The summed E-state index contributed by atoms with van der Waals surface area (Å²) in [7, 11) is 0. The summed E-state index contributed by atoms with van der Waals surface area (Å²) in [4.78, 5) is 12.4. The van der Waals surface area contributed by atoms with E-state index in [-0.39, 0.29) is 28.9 Å². The first-order chi connectivity index (χ1) is 10.2. The van der Waals surface area contributed by atoms with Crippen LogP contribution in [0.3, 0.4) is 0 Å². The molecule has 0 bridgehead atoms. The van der Waals surface area contributed by atoms with E-state index in [1.54, 1.807) is 18.2 Å². The molecule has 3 rings (SSSR count). The van der Waals surface area contributed by atoms with E-state index in [4.69, 9.17) is 5.73 Å². The van der Waals surface area contributed by atoms with Crippen LogP contribution in [0.15, 0.2) is 42.5 Å². The van der Waals surface area contributed by atoms with Gasteiger partial charge < -0.3 is 16.2 Å². The Bertz CT molecular complexity index is 682. The number of aromatic hydroxyl groups is 1. The van der Waals surface area contributed by atoms with Gasteiger partial charge in [-0.15, -0.1) is 0 Å². The highest BCUT2D eigenvalue weighted by Gasteiger charge is 2.23. The summed E-state index contributed by atoms with van der Waals surface area (Å²) in [5.74, 6) is -0.444. The van der Waals surface area contributed by atoms with Gasteiger partial charge in [0, 0.05) is 0 Å². The van der Waals surface area contributed by atoms with Crippen LogP contribution in [0.5, 0.6) is 5.75 Å². The van der Waals surface area contributed by atoms with Crippen LogP contribution in [-0.2, 0) is 6.42 Å². The number of nitrogens with one attached hydrogen (secondary N) is 1. The molecule has 1 atom stereocenters. The van der Waals surface area contributed by atoms with E-state index in [1.807, 2.05) is 12.1 Å². The maximum Gasteiger partial charge on any atom is 0.255 e. The number of amides is 1. The van der Waals surface area contributed by atoms with Crippen molar-refractivity contribution >= 4 is 11.6 Å². The second-order valence-electron chi connectivity index (χ2n) is 5.36. The molecule has 4 N–H and O–H groups in total. The number of para-hydroxylation sites is 1. The number of phenolic OH excluding ortho intramolecular Hbond substituents is 1. The molecule has 0 saturated heterocycles. The Morgan fingerprint density at radius 2 is 2.00 bits per heavy atom. The summed E-state index contributed by atoms with van der Waals surface area (Å²) in [5, 5.41) is 12.9. The number of hydrogen-bond acceptors (Lipinski definition) is 3. The Labute approximate surface area is 123 Å². The van der Waals surface area contributed by atoms with Gasteiger partial charge in [0.25, 0.3) is 5.91 Å². The zero-order chi connectivity index (χ0) is 14.8.